The van der Waals surface area contributed by atoms with Crippen molar-refractivity contribution in [2.75, 3.05) is 0 Å². The summed E-state index contributed by atoms with van der Waals surface area (Å²) in [6.45, 7) is 14.1. The van der Waals surface area contributed by atoms with Crippen molar-refractivity contribution in [3.05, 3.63) is 35.5 Å². The van der Waals surface area contributed by atoms with Crippen molar-refractivity contribution in [1.82, 2.24) is 0 Å². The van der Waals surface area contributed by atoms with Crippen LogP contribution in [-0.4, -0.2) is 28.7 Å². The fraction of sp³-hybridized carbons (Fsp3) is 0.778. The van der Waals surface area contributed by atoms with Gasteiger partial charge in [0.25, 0.3) is 0 Å². The molecule has 0 heterocycles. The van der Waals surface area contributed by atoms with Gasteiger partial charge in [0.2, 0.25) is 0 Å². The second-order valence-electron chi connectivity index (χ2n) is 11.3. The molecular weight excluding hydrogens is 436 g/mol. The van der Waals surface area contributed by atoms with Crippen molar-refractivity contribution < 1.29 is 22.6 Å². The molecule has 0 radical (unpaired) electrons. The lowest BCUT2D eigenvalue weighted by atomic mass is 9.60. The first kappa shape index (κ1) is 28.3. The van der Waals surface area contributed by atoms with E-state index in [0.29, 0.717) is 5.41 Å². The van der Waals surface area contributed by atoms with E-state index in [2.05, 4.69) is 46.4 Å². The molecule has 6 heteroatoms. The first-order valence-electron chi connectivity index (χ1n) is 12.8. The highest BCUT2D eigenvalue weighted by Gasteiger charge is 2.50. The number of rotatable bonds is 6. The second kappa shape index (κ2) is 12.1. The summed E-state index contributed by atoms with van der Waals surface area (Å²) in [5.41, 5.74) is 4.72. The van der Waals surface area contributed by atoms with E-state index in [1.165, 1.54) is 62.5 Å². The Hall–Kier alpha value is -0.950. The molecule has 0 bridgehead atoms. The summed E-state index contributed by atoms with van der Waals surface area (Å²) in [5, 5.41) is 10.0. The average molecular weight is 483 g/mol. The van der Waals surface area contributed by atoms with Gasteiger partial charge in [0, 0.05) is 0 Å². The number of aliphatic hydroxyl groups is 1. The van der Waals surface area contributed by atoms with Gasteiger partial charge in [0.15, 0.2) is 0 Å². The molecule has 0 aromatic carbocycles. The maximum atomic E-state index is 10.0. The molecule has 3 fully saturated rings. The van der Waals surface area contributed by atoms with Crippen molar-refractivity contribution in [3.8, 4) is 0 Å². The summed E-state index contributed by atoms with van der Waals surface area (Å²) in [6.07, 6.45) is 18.2. The van der Waals surface area contributed by atoms with Crippen molar-refractivity contribution >= 4 is 10.4 Å². The molecule has 3 rings (SSSR count). The molecule has 0 saturated heterocycles. The third-order valence-corrected chi connectivity index (χ3v) is 8.35. The Bertz CT molecular complexity index is 817. The molecule has 3 N–H and O–H groups in total. The van der Waals surface area contributed by atoms with E-state index in [4.69, 9.17) is 17.5 Å². The van der Waals surface area contributed by atoms with Gasteiger partial charge in [-0.25, -0.2) is 0 Å². The molecule has 3 aliphatic carbocycles. The first-order valence-corrected chi connectivity index (χ1v) is 14.2. The van der Waals surface area contributed by atoms with Crippen molar-refractivity contribution in [3.63, 3.8) is 0 Å². The second-order valence-corrected chi connectivity index (χ2v) is 12.2. The van der Waals surface area contributed by atoms with E-state index >= 15 is 0 Å². The smallest absolute Gasteiger partial charge is 0.393 e. The summed E-state index contributed by atoms with van der Waals surface area (Å²) in [6, 6.07) is 0. The van der Waals surface area contributed by atoms with Gasteiger partial charge in [0.1, 0.15) is 0 Å². The quantitative estimate of drug-likeness (QED) is 0.355. The van der Waals surface area contributed by atoms with Crippen LogP contribution in [0.5, 0.6) is 0 Å². The monoisotopic (exact) mass is 482 g/mol. The number of hydrogen-bond acceptors (Lipinski definition) is 3. The predicted molar refractivity (Wildman–Crippen MR) is 135 cm³/mol. The van der Waals surface area contributed by atoms with E-state index in [9.17, 15) is 5.11 Å². The lowest BCUT2D eigenvalue weighted by Gasteiger charge is -2.44. The van der Waals surface area contributed by atoms with E-state index in [1.54, 1.807) is 5.57 Å². The molecule has 0 aliphatic heterocycles. The van der Waals surface area contributed by atoms with Crippen LogP contribution < -0.4 is 0 Å². The third kappa shape index (κ3) is 8.65. The summed E-state index contributed by atoms with van der Waals surface area (Å²) >= 11 is 0. The number of allylic oxidation sites excluding steroid dienone is 4. The van der Waals surface area contributed by atoms with Gasteiger partial charge in [-0.2, -0.15) is 8.42 Å². The summed E-state index contributed by atoms with van der Waals surface area (Å²) in [4.78, 5) is 0. The normalized spacial score (nSPS) is 33.7. The van der Waals surface area contributed by atoms with E-state index in [1.807, 2.05) is 0 Å². The fourth-order valence-corrected chi connectivity index (χ4v) is 6.66. The SMILES string of the molecule is C=C1CC[C@H](O)C/C1=C/C=C1\CCC[C@@]2(C)C1CC[C@@H]2[C@H](C)CCCC(C)C.O=S(=O)(O)O. The van der Waals surface area contributed by atoms with Crippen LogP contribution >= 0.6 is 0 Å². The number of hydrogen-bond donors (Lipinski definition) is 3. The predicted octanol–water partition coefficient (Wildman–Crippen LogP) is 6.97. The standard InChI is InChI=1S/C27H44O.H2O4S/c1-19(2)8-6-9-21(4)25-15-16-26-22(10-7-17-27(25,26)5)12-13-23-18-24(28)14-11-20(23)3;1-5(2,3)4/h12-13,19,21,24-26,28H,3,6-11,14-18H2,1-2,4-5H3;(H2,1,2,3,4)/b22-12+,23-13-;/t21-,24+,25-,26?,27-;/m1./s1. The Labute approximate surface area is 202 Å². The minimum absolute atomic E-state index is 0.172. The van der Waals surface area contributed by atoms with Crippen LogP contribution in [0.2, 0.25) is 0 Å². The number of fused-ring (bicyclic) bond motifs is 1. The van der Waals surface area contributed by atoms with Gasteiger partial charge < -0.3 is 5.11 Å². The summed E-state index contributed by atoms with van der Waals surface area (Å²) < 4.78 is 31.6. The molecule has 0 spiro atoms. The largest absolute Gasteiger partial charge is 0.394 e. The highest BCUT2D eigenvalue weighted by Crippen LogP contribution is 2.59. The van der Waals surface area contributed by atoms with Gasteiger partial charge in [-0.05, 0) is 86.0 Å². The molecule has 1 unspecified atom stereocenters. The van der Waals surface area contributed by atoms with Crippen LogP contribution in [0.25, 0.3) is 0 Å². The van der Waals surface area contributed by atoms with Crippen LogP contribution in [0.1, 0.15) is 98.3 Å². The summed E-state index contributed by atoms with van der Waals surface area (Å²) in [5.74, 6) is 3.37. The van der Waals surface area contributed by atoms with Crippen molar-refractivity contribution in [2.24, 2.45) is 29.1 Å². The van der Waals surface area contributed by atoms with Crippen molar-refractivity contribution in [2.45, 2.75) is 104 Å². The van der Waals surface area contributed by atoms with Gasteiger partial charge in [0.05, 0.1) is 6.10 Å². The highest BCUT2D eigenvalue weighted by atomic mass is 32.3. The van der Waals surface area contributed by atoms with E-state index in [-0.39, 0.29) is 6.10 Å². The zero-order valence-electron chi connectivity index (χ0n) is 21.1. The van der Waals surface area contributed by atoms with E-state index < -0.39 is 10.4 Å². The minimum Gasteiger partial charge on any atom is -0.393 e. The lowest BCUT2D eigenvalue weighted by molar-refractivity contribution is 0.0928. The molecule has 0 aromatic rings. The molecular formula is C27H46O5S. The summed E-state index contributed by atoms with van der Waals surface area (Å²) in [7, 11) is -4.67. The van der Waals surface area contributed by atoms with Gasteiger partial charge >= 0.3 is 10.4 Å². The maximum Gasteiger partial charge on any atom is 0.394 e. The molecule has 3 aliphatic rings. The highest BCUT2D eigenvalue weighted by molar-refractivity contribution is 7.79. The Balaban J connectivity index is 0.000000696. The Morgan fingerprint density at radius 1 is 1.09 bits per heavy atom. The lowest BCUT2D eigenvalue weighted by Crippen LogP contribution is -2.36. The fourth-order valence-electron chi connectivity index (χ4n) is 6.66. The van der Waals surface area contributed by atoms with Crippen LogP contribution in [0, 0.1) is 29.1 Å². The average Bonchev–Trinajstić information content (AvgIpc) is 3.04. The zero-order valence-corrected chi connectivity index (χ0v) is 21.9. The van der Waals surface area contributed by atoms with Crippen LogP contribution in [-0.2, 0) is 10.4 Å². The van der Waals surface area contributed by atoms with Crippen LogP contribution in [0.3, 0.4) is 0 Å². The van der Waals surface area contributed by atoms with Crippen LogP contribution in [0.15, 0.2) is 35.5 Å². The third-order valence-electron chi connectivity index (χ3n) is 8.35. The Morgan fingerprint density at radius 3 is 2.39 bits per heavy atom. The first-order chi connectivity index (χ1) is 15.3. The minimum atomic E-state index is -4.67. The zero-order chi connectivity index (χ0) is 24.8. The number of aliphatic hydroxyl groups excluding tert-OH is 1. The molecule has 0 amide bonds. The molecule has 5 nitrogen and oxygen atoms in total. The Kier molecular flexibility index (Phi) is 10.4. The molecule has 33 heavy (non-hydrogen) atoms. The van der Waals surface area contributed by atoms with E-state index in [0.717, 1.165) is 42.9 Å². The van der Waals surface area contributed by atoms with Gasteiger partial charge in [-0.3, -0.25) is 9.11 Å². The molecule has 5 atom stereocenters. The van der Waals surface area contributed by atoms with Gasteiger partial charge in [-0.1, -0.05) is 76.8 Å². The van der Waals surface area contributed by atoms with Gasteiger partial charge in [-0.15, -0.1) is 0 Å². The molecule has 190 valence electrons. The Morgan fingerprint density at radius 2 is 1.76 bits per heavy atom. The molecule has 3 saturated carbocycles. The molecule has 0 aromatic heterocycles. The maximum absolute atomic E-state index is 10.0. The topological polar surface area (TPSA) is 94.8 Å². The van der Waals surface area contributed by atoms with Crippen LogP contribution in [0.4, 0.5) is 0 Å². The van der Waals surface area contributed by atoms with Crippen molar-refractivity contribution in [1.29, 1.82) is 0 Å².